The molecule has 0 saturated heterocycles. The third kappa shape index (κ3) is 4.31. The molecule has 5 nitrogen and oxygen atoms in total. The Kier molecular flexibility index (Phi) is 6.27. The van der Waals surface area contributed by atoms with Gasteiger partial charge in [-0.25, -0.2) is 0 Å². The molecule has 3 rings (SSSR count). The van der Waals surface area contributed by atoms with E-state index in [4.69, 9.17) is 4.74 Å². The highest BCUT2D eigenvalue weighted by Crippen LogP contribution is 2.27. The molecule has 0 aliphatic heterocycles. The molecule has 0 fully saturated rings. The van der Waals surface area contributed by atoms with Crippen LogP contribution in [-0.4, -0.2) is 18.0 Å². The molecule has 0 atom stereocenters. The predicted octanol–water partition coefficient (Wildman–Crippen LogP) is 5.21. The number of carbonyl (C=O) groups is 1. The number of nitrogens with zero attached hydrogens (tertiary/aromatic N) is 1. The van der Waals surface area contributed by atoms with E-state index < -0.39 is 0 Å². The second-order valence-electron chi connectivity index (χ2n) is 6.40. The summed E-state index contributed by atoms with van der Waals surface area (Å²) in [6, 6.07) is 15.5. The van der Waals surface area contributed by atoms with E-state index in [1.54, 1.807) is 25.6 Å². The summed E-state index contributed by atoms with van der Waals surface area (Å²) in [5.41, 5.74) is 5.19. The molecule has 0 radical (unpaired) electrons. The quantitative estimate of drug-likeness (QED) is 0.595. The minimum Gasteiger partial charge on any atom is -0.495 e. The van der Waals surface area contributed by atoms with Gasteiger partial charge < -0.3 is 15.4 Å². The van der Waals surface area contributed by atoms with Crippen molar-refractivity contribution >= 4 is 23.0 Å². The van der Waals surface area contributed by atoms with Crippen LogP contribution in [0.5, 0.6) is 5.75 Å². The van der Waals surface area contributed by atoms with Crippen molar-refractivity contribution in [3.8, 4) is 5.75 Å². The van der Waals surface area contributed by atoms with Crippen LogP contribution in [0.25, 0.3) is 0 Å². The van der Waals surface area contributed by atoms with Gasteiger partial charge in [0.2, 0.25) is 0 Å². The van der Waals surface area contributed by atoms with Gasteiger partial charge in [-0.1, -0.05) is 44.2 Å². The zero-order valence-corrected chi connectivity index (χ0v) is 16.5. The van der Waals surface area contributed by atoms with Gasteiger partial charge in [0.15, 0.2) is 0 Å². The highest BCUT2D eigenvalue weighted by Gasteiger charge is 2.13. The van der Waals surface area contributed by atoms with Gasteiger partial charge >= 0.3 is 0 Å². The highest BCUT2D eigenvalue weighted by atomic mass is 16.5. The lowest BCUT2D eigenvalue weighted by atomic mass is 10.0. The fourth-order valence-corrected chi connectivity index (χ4v) is 3.12. The number of aromatic nitrogens is 1. The monoisotopic (exact) mass is 375 g/mol. The molecule has 0 saturated carbocycles. The number of para-hydroxylation sites is 3. The van der Waals surface area contributed by atoms with Crippen LogP contribution < -0.4 is 15.4 Å². The standard InChI is InChI=1S/C23H25N3O2/c1-4-16-9-8-10-17(5-2)22(16)26-23(27)18-13-19(15-24-14-18)25-20-11-6-7-12-21(20)28-3/h6-15,25H,4-5H2,1-3H3,(H,26,27). The number of ether oxygens (including phenoxy) is 1. The number of anilines is 3. The maximum Gasteiger partial charge on any atom is 0.257 e. The van der Waals surface area contributed by atoms with Crippen molar-refractivity contribution in [3.05, 3.63) is 77.6 Å². The third-order valence-corrected chi connectivity index (χ3v) is 4.62. The molecule has 5 heteroatoms. The molecule has 0 unspecified atom stereocenters. The molecule has 28 heavy (non-hydrogen) atoms. The Hall–Kier alpha value is -3.34. The molecule has 1 aromatic heterocycles. The summed E-state index contributed by atoms with van der Waals surface area (Å²) in [7, 11) is 1.62. The number of hydrogen-bond acceptors (Lipinski definition) is 4. The molecule has 3 aromatic rings. The summed E-state index contributed by atoms with van der Waals surface area (Å²) >= 11 is 0. The van der Waals surface area contributed by atoms with E-state index in [1.807, 2.05) is 42.5 Å². The summed E-state index contributed by atoms with van der Waals surface area (Å²) < 4.78 is 5.36. The first-order valence-corrected chi connectivity index (χ1v) is 9.43. The zero-order valence-electron chi connectivity index (χ0n) is 16.5. The summed E-state index contributed by atoms with van der Waals surface area (Å²) in [6.45, 7) is 4.17. The first-order chi connectivity index (χ1) is 13.7. The van der Waals surface area contributed by atoms with Gasteiger partial charge in [0.25, 0.3) is 5.91 Å². The molecule has 0 aliphatic rings. The van der Waals surface area contributed by atoms with E-state index >= 15 is 0 Å². The van der Waals surface area contributed by atoms with E-state index in [0.29, 0.717) is 5.56 Å². The fraction of sp³-hybridized carbons (Fsp3) is 0.217. The molecule has 1 heterocycles. The van der Waals surface area contributed by atoms with Crippen molar-refractivity contribution in [3.63, 3.8) is 0 Å². The van der Waals surface area contributed by atoms with Crippen LogP contribution >= 0.6 is 0 Å². The first-order valence-electron chi connectivity index (χ1n) is 9.43. The van der Waals surface area contributed by atoms with Crippen LogP contribution in [0, 0.1) is 0 Å². The van der Waals surface area contributed by atoms with E-state index in [2.05, 4.69) is 29.5 Å². The molecule has 0 spiro atoms. The van der Waals surface area contributed by atoms with Crippen molar-refractivity contribution < 1.29 is 9.53 Å². The number of aryl methyl sites for hydroxylation is 2. The van der Waals surface area contributed by atoms with Crippen molar-refractivity contribution in [2.24, 2.45) is 0 Å². The van der Waals surface area contributed by atoms with Gasteiger partial charge in [-0.15, -0.1) is 0 Å². The van der Waals surface area contributed by atoms with Crippen LogP contribution in [0.3, 0.4) is 0 Å². The Labute approximate surface area is 165 Å². The van der Waals surface area contributed by atoms with Crippen LogP contribution in [0.1, 0.15) is 35.3 Å². The largest absolute Gasteiger partial charge is 0.495 e. The van der Waals surface area contributed by atoms with Crippen LogP contribution in [-0.2, 0) is 12.8 Å². The average Bonchev–Trinajstić information content (AvgIpc) is 2.74. The van der Waals surface area contributed by atoms with E-state index in [9.17, 15) is 4.79 Å². The first kappa shape index (κ1) is 19.4. The highest BCUT2D eigenvalue weighted by molar-refractivity contribution is 6.05. The molecule has 2 N–H and O–H groups in total. The number of hydrogen-bond donors (Lipinski definition) is 2. The molecule has 0 bridgehead atoms. The maximum absolute atomic E-state index is 12.9. The molecular formula is C23H25N3O2. The maximum atomic E-state index is 12.9. The summed E-state index contributed by atoms with van der Waals surface area (Å²) in [4.78, 5) is 17.1. The SMILES string of the molecule is CCc1cccc(CC)c1NC(=O)c1cncc(Nc2ccccc2OC)c1. The van der Waals surface area contributed by atoms with Gasteiger partial charge in [0.1, 0.15) is 5.75 Å². The summed E-state index contributed by atoms with van der Waals surface area (Å²) in [5, 5.41) is 6.34. The Morgan fingerprint density at radius 3 is 2.39 bits per heavy atom. The Bertz CT molecular complexity index is 947. The van der Waals surface area contributed by atoms with Crippen LogP contribution in [0.2, 0.25) is 0 Å². The number of methoxy groups -OCH3 is 1. The number of benzene rings is 2. The van der Waals surface area contributed by atoms with Gasteiger partial charge in [0.05, 0.1) is 30.2 Å². The predicted molar refractivity (Wildman–Crippen MR) is 114 cm³/mol. The lowest BCUT2D eigenvalue weighted by Gasteiger charge is -2.15. The second-order valence-corrected chi connectivity index (χ2v) is 6.40. The van der Waals surface area contributed by atoms with Crippen LogP contribution in [0.4, 0.5) is 17.1 Å². The van der Waals surface area contributed by atoms with Crippen LogP contribution in [0.15, 0.2) is 60.9 Å². The summed E-state index contributed by atoms with van der Waals surface area (Å²) in [5.74, 6) is 0.550. The minimum absolute atomic E-state index is 0.174. The fourth-order valence-electron chi connectivity index (χ4n) is 3.12. The molecule has 0 aliphatic carbocycles. The molecule has 2 aromatic carbocycles. The average molecular weight is 375 g/mol. The van der Waals surface area contributed by atoms with E-state index in [0.717, 1.165) is 46.8 Å². The van der Waals surface area contributed by atoms with Gasteiger partial charge in [-0.05, 0) is 42.2 Å². The Balaban J connectivity index is 1.84. The zero-order chi connectivity index (χ0) is 19.9. The van der Waals surface area contributed by atoms with Gasteiger partial charge in [-0.3, -0.25) is 9.78 Å². The minimum atomic E-state index is -0.174. The topological polar surface area (TPSA) is 63.2 Å². The lowest BCUT2D eigenvalue weighted by molar-refractivity contribution is 0.102. The summed E-state index contributed by atoms with van der Waals surface area (Å²) in [6.07, 6.45) is 4.97. The third-order valence-electron chi connectivity index (χ3n) is 4.62. The number of amides is 1. The van der Waals surface area contributed by atoms with Crippen molar-refractivity contribution in [1.82, 2.24) is 4.98 Å². The van der Waals surface area contributed by atoms with Gasteiger partial charge in [0, 0.05) is 11.9 Å². The second kappa shape index (κ2) is 9.04. The number of rotatable bonds is 7. The molecular weight excluding hydrogens is 350 g/mol. The molecule has 144 valence electrons. The lowest BCUT2D eigenvalue weighted by Crippen LogP contribution is -2.15. The Morgan fingerprint density at radius 2 is 1.71 bits per heavy atom. The van der Waals surface area contributed by atoms with E-state index in [1.165, 1.54) is 0 Å². The van der Waals surface area contributed by atoms with Gasteiger partial charge in [-0.2, -0.15) is 0 Å². The van der Waals surface area contributed by atoms with Crippen molar-refractivity contribution in [1.29, 1.82) is 0 Å². The van der Waals surface area contributed by atoms with Crippen molar-refractivity contribution in [2.45, 2.75) is 26.7 Å². The molecule has 1 amide bonds. The Morgan fingerprint density at radius 1 is 1.00 bits per heavy atom. The van der Waals surface area contributed by atoms with Crippen molar-refractivity contribution in [2.75, 3.05) is 17.7 Å². The number of pyridine rings is 1. The normalized spacial score (nSPS) is 10.4. The smallest absolute Gasteiger partial charge is 0.257 e. The number of nitrogens with one attached hydrogen (secondary N) is 2. The number of carbonyl (C=O) groups excluding carboxylic acids is 1. The van der Waals surface area contributed by atoms with E-state index in [-0.39, 0.29) is 5.91 Å².